The predicted octanol–water partition coefficient (Wildman–Crippen LogP) is 0.549. The van der Waals surface area contributed by atoms with E-state index in [9.17, 15) is 18.8 Å². The van der Waals surface area contributed by atoms with Gasteiger partial charge in [-0.25, -0.2) is 9.18 Å². The molecule has 0 spiro atoms. The van der Waals surface area contributed by atoms with Gasteiger partial charge in [-0.3, -0.25) is 9.59 Å². The van der Waals surface area contributed by atoms with Gasteiger partial charge in [0, 0.05) is 6.54 Å². The zero-order valence-corrected chi connectivity index (χ0v) is 11.1. The third-order valence-electron chi connectivity index (χ3n) is 2.57. The Morgan fingerprint density at radius 1 is 1.10 bits per heavy atom. The number of benzene rings is 1. The lowest BCUT2D eigenvalue weighted by molar-refractivity contribution is -0.140. The van der Waals surface area contributed by atoms with E-state index in [0.717, 1.165) is 0 Å². The minimum Gasteiger partial charge on any atom is -0.480 e. The van der Waals surface area contributed by atoms with Crippen LogP contribution in [0.2, 0.25) is 0 Å². The number of carbonyl (C=O) groups excluding carboxylic acids is 1. The maximum Gasteiger partial charge on any atom is 0.323 e. The van der Waals surface area contributed by atoms with Crippen LogP contribution in [0.25, 0.3) is 0 Å². The molecule has 1 aromatic carbocycles. The van der Waals surface area contributed by atoms with Gasteiger partial charge in [0.15, 0.2) is 0 Å². The molecule has 0 aliphatic carbocycles. The molecule has 0 radical (unpaired) electrons. The molecular weight excluding hydrogens is 283 g/mol. The van der Waals surface area contributed by atoms with Crippen LogP contribution in [0.15, 0.2) is 24.3 Å². The van der Waals surface area contributed by atoms with Crippen molar-refractivity contribution in [1.82, 2.24) is 10.2 Å². The van der Waals surface area contributed by atoms with Crippen LogP contribution in [0.1, 0.15) is 5.56 Å². The van der Waals surface area contributed by atoms with Crippen molar-refractivity contribution in [1.29, 1.82) is 0 Å². The van der Waals surface area contributed by atoms with Crippen LogP contribution in [0.3, 0.4) is 0 Å². The standard InChI is InChI=1S/C13H15FN2O5/c14-10-4-2-1-3-9(10)5-6-15-13(21)16(7-11(17)18)8-12(19)20/h1-4H,5-8H2,(H,15,21)(H,17,18)(H,19,20). The maximum absolute atomic E-state index is 13.3. The van der Waals surface area contributed by atoms with E-state index in [1.807, 2.05) is 0 Å². The van der Waals surface area contributed by atoms with Crippen molar-refractivity contribution in [2.24, 2.45) is 0 Å². The number of urea groups is 1. The first kappa shape index (κ1) is 16.4. The molecule has 0 heterocycles. The molecule has 2 amide bonds. The average Bonchev–Trinajstić information content (AvgIpc) is 2.39. The summed E-state index contributed by atoms with van der Waals surface area (Å²) >= 11 is 0. The molecule has 0 fully saturated rings. The van der Waals surface area contributed by atoms with Crippen LogP contribution < -0.4 is 5.32 Å². The SMILES string of the molecule is O=C(O)CN(CC(=O)O)C(=O)NCCc1ccccc1F. The number of rotatable bonds is 7. The number of carbonyl (C=O) groups is 3. The van der Waals surface area contributed by atoms with Gasteiger partial charge in [-0.1, -0.05) is 18.2 Å². The van der Waals surface area contributed by atoms with Crippen molar-refractivity contribution >= 4 is 18.0 Å². The molecule has 0 bridgehead atoms. The highest BCUT2D eigenvalue weighted by atomic mass is 19.1. The van der Waals surface area contributed by atoms with Gasteiger partial charge in [-0.15, -0.1) is 0 Å². The maximum atomic E-state index is 13.3. The summed E-state index contributed by atoms with van der Waals surface area (Å²) in [4.78, 5) is 33.5. The fraction of sp³-hybridized carbons (Fsp3) is 0.308. The second kappa shape index (κ2) is 7.83. The number of carboxylic acids is 2. The molecule has 0 saturated carbocycles. The molecule has 7 nitrogen and oxygen atoms in total. The number of hydrogen-bond donors (Lipinski definition) is 3. The summed E-state index contributed by atoms with van der Waals surface area (Å²) in [7, 11) is 0. The minimum atomic E-state index is -1.32. The molecule has 0 aromatic heterocycles. The molecule has 3 N–H and O–H groups in total. The highest BCUT2D eigenvalue weighted by Gasteiger charge is 2.19. The van der Waals surface area contributed by atoms with Crippen molar-refractivity contribution in [2.75, 3.05) is 19.6 Å². The molecule has 0 saturated heterocycles. The summed E-state index contributed by atoms with van der Waals surface area (Å²) in [6.45, 7) is -1.38. The van der Waals surface area contributed by atoms with E-state index in [0.29, 0.717) is 10.5 Å². The Morgan fingerprint density at radius 3 is 2.19 bits per heavy atom. The van der Waals surface area contributed by atoms with Crippen molar-refractivity contribution < 1.29 is 29.0 Å². The van der Waals surface area contributed by atoms with Gasteiger partial charge in [0.1, 0.15) is 18.9 Å². The van der Waals surface area contributed by atoms with Crippen molar-refractivity contribution in [3.63, 3.8) is 0 Å². The molecule has 0 aliphatic heterocycles. The van der Waals surface area contributed by atoms with Crippen LogP contribution in [-0.2, 0) is 16.0 Å². The molecule has 114 valence electrons. The Labute approximate surface area is 120 Å². The van der Waals surface area contributed by atoms with Gasteiger partial charge < -0.3 is 20.4 Å². The summed E-state index contributed by atoms with van der Waals surface area (Å²) < 4.78 is 13.3. The number of nitrogens with one attached hydrogen (secondary N) is 1. The Kier molecular flexibility index (Phi) is 6.12. The van der Waals surface area contributed by atoms with E-state index < -0.39 is 36.9 Å². The molecular formula is C13H15FN2O5. The Hall–Kier alpha value is -2.64. The van der Waals surface area contributed by atoms with Gasteiger partial charge in [0.25, 0.3) is 0 Å². The van der Waals surface area contributed by atoms with Crippen LogP contribution in [0.4, 0.5) is 9.18 Å². The zero-order chi connectivity index (χ0) is 15.8. The largest absolute Gasteiger partial charge is 0.480 e. The van der Waals surface area contributed by atoms with E-state index in [1.165, 1.54) is 6.07 Å². The van der Waals surface area contributed by atoms with Gasteiger partial charge >= 0.3 is 18.0 Å². The Balaban J connectivity index is 2.51. The fourth-order valence-electron chi connectivity index (χ4n) is 1.64. The quantitative estimate of drug-likeness (QED) is 0.681. The first-order chi connectivity index (χ1) is 9.90. The number of carboxylic acid groups (broad SMARTS) is 2. The smallest absolute Gasteiger partial charge is 0.323 e. The lowest BCUT2D eigenvalue weighted by Crippen LogP contribution is -2.45. The van der Waals surface area contributed by atoms with Crippen LogP contribution in [-0.4, -0.2) is 52.7 Å². The van der Waals surface area contributed by atoms with Gasteiger partial charge in [-0.05, 0) is 18.1 Å². The summed E-state index contributed by atoms with van der Waals surface area (Å²) in [5.41, 5.74) is 0.404. The van der Waals surface area contributed by atoms with Crippen molar-refractivity contribution in [3.8, 4) is 0 Å². The molecule has 1 rings (SSSR count). The zero-order valence-electron chi connectivity index (χ0n) is 11.1. The number of amides is 2. The number of halogens is 1. The van der Waals surface area contributed by atoms with Crippen LogP contribution in [0.5, 0.6) is 0 Å². The van der Waals surface area contributed by atoms with Crippen LogP contribution >= 0.6 is 0 Å². The molecule has 8 heteroatoms. The van der Waals surface area contributed by atoms with E-state index in [4.69, 9.17) is 10.2 Å². The topological polar surface area (TPSA) is 107 Å². The Bertz CT molecular complexity index is 519. The molecule has 1 aromatic rings. The lowest BCUT2D eigenvalue weighted by Gasteiger charge is -2.19. The van der Waals surface area contributed by atoms with Gasteiger partial charge in [-0.2, -0.15) is 0 Å². The monoisotopic (exact) mass is 298 g/mol. The lowest BCUT2D eigenvalue weighted by atomic mass is 10.1. The third kappa shape index (κ3) is 5.89. The summed E-state index contributed by atoms with van der Waals surface area (Å²) in [6, 6.07) is 5.22. The van der Waals surface area contributed by atoms with Gasteiger partial charge in [0.2, 0.25) is 0 Å². The summed E-state index contributed by atoms with van der Waals surface area (Å²) in [5, 5.41) is 19.6. The minimum absolute atomic E-state index is 0.0650. The first-order valence-corrected chi connectivity index (χ1v) is 6.10. The summed E-state index contributed by atoms with van der Waals surface area (Å²) in [5.74, 6) is -3.04. The fourth-order valence-corrected chi connectivity index (χ4v) is 1.64. The number of nitrogens with zero attached hydrogens (tertiary/aromatic N) is 1. The van der Waals surface area contributed by atoms with Crippen LogP contribution in [0, 0.1) is 5.82 Å². The van der Waals surface area contributed by atoms with E-state index in [2.05, 4.69) is 5.32 Å². The third-order valence-corrected chi connectivity index (χ3v) is 2.57. The second-order valence-corrected chi connectivity index (χ2v) is 4.22. The molecule has 0 aliphatic rings. The number of hydrogen-bond acceptors (Lipinski definition) is 3. The van der Waals surface area contributed by atoms with E-state index in [1.54, 1.807) is 18.2 Å². The van der Waals surface area contributed by atoms with Gasteiger partial charge in [0.05, 0.1) is 0 Å². The first-order valence-electron chi connectivity index (χ1n) is 6.10. The number of aliphatic carboxylic acids is 2. The highest BCUT2D eigenvalue weighted by Crippen LogP contribution is 2.06. The van der Waals surface area contributed by atoms with E-state index in [-0.39, 0.29) is 13.0 Å². The Morgan fingerprint density at radius 2 is 1.67 bits per heavy atom. The van der Waals surface area contributed by atoms with E-state index >= 15 is 0 Å². The molecule has 0 atom stereocenters. The normalized spacial score (nSPS) is 9.95. The van der Waals surface area contributed by atoms with Crippen molar-refractivity contribution in [3.05, 3.63) is 35.6 Å². The molecule has 0 unspecified atom stereocenters. The summed E-state index contributed by atoms with van der Waals surface area (Å²) in [6.07, 6.45) is 0.215. The molecule has 21 heavy (non-hydrogen) atoms. The average molecular weight is 298 g/mol. The predicted molar refractivity (Wildman–Crippen MR) is 70.3 cm³/mol. The van der Waals surface area contributed by atoms with Crippen molar-refractivity contribution in [2.45, 2.75) is 6.42 Å². The second-order valence-electron chi connectivity index (χ2n) is 4.22. The highest BCUT2D eigenvalue weighted by molar-refractivity contribution is 5.84.